The van der Waals surface area contributed by atoms with E-state index >= 15 is 0 Å². The summed E-state index contributed by atoms with van der Waals surface area (Å²) < 4.78 is 5.35. The van der Waals surface area contributed by atoms with E-state index in [2.05, 4.69) is 0 Å². The van der Waals surface area contributed by atoms with Crippen molar-refractivity contribution in [1.29, 1.82) is 0 Å². The molecule has 1 N–H and O–H groups in total. The summed E-state index contributed by atoms with van der Waals surface area (Å²) in [5, 5.41) is 9.53. The molecule has 2 aromatic rings. The molecule has 1 atom stereocenters. The quantitative estimate of drug-likeness (QED) is 0.822. The second-order valence-corrected chi connectivity index (χ2v) is 5.15. The minimum absolute atomic E-state index is 0.131. The van der Waals surface area contributed by atoms with Gasteiger partial charge in [0.25, 0.3) is 0 Å². The molecule has 5 heteroatoms. The van der Waals surface area contributed by atoms with Gasteiger partial charge in [0.2, 0.25) is 0 Å². The molecule has 2 rings (SSSR count). The molecular formula is C17H15ClO4. The molecule has 0 amide bonds. The third-order valence-corrected chi connectivity index (χ3v) is 3.40. The van der Waals surface area contributed by atoms with Crippen LogP contribution in [0.5, 0.6) is 5.75 Å². The minimum Gasteiger partial charge on any atom is -0.479 e. The average Bonchev–Trinajstić information content (AvgIpc) is 2.53. The Balaban J connectivity index is 2.13. The molecule has 1 unspecified atom stereocenters. The molecule has 4 nitrogen and oxygen atoms in total. The van der Waals surface area contributed by atoms with E-state index in [9.17, 15) is 9.59 Å². The van der Waals surface area contributed by atoms with Crippen molar-refractivity contribution in [2.75, 3.05) is 0 Å². The van der Waals surface area contributed by atoms with Crippen molar-refractivity contribution >= 4 is 23.4 Å². The number of rotatable bonds is 6. The molecule has 0 aliphatic carbocycles. The summed E-state index contributed by atoms with van der Waals surface area (Å²) >= 11 is 5.80. The number of benzene rings is 2. The zero-order chi connectivity index (χ0) is 16.1. The summed E-state index contributed by atoms with van der Waals surface area (Å²) in [6, 6.07) is 13.0. The molecule has 0 heterocycles. The summed E-state index contributed by atoms with van der Waals surface area (Å²) in [5.74, 6) is -0.723. The minimum atomic E-state index is -1.01. The third-order valence-electron chi connectivity index (χ3n) is 3.15. The molecule has 0 aromatic heterocycles. The van der Waals surface area contributed by atoms with Crippen LogP contribution in [0.3, 0.4) is 0 Å². The first kappa shape index (κ1) is 16.0. The third kappa shape index (κ3) is 3.86. The van der Waals surface area contributed by atoms with Crippen molar-refractivity contribution in [1.82, 2.24) is 0 Å². The fourth-order valence-electron chi connectivity index (χ4n) is 1.93. The van der Waals surface area contributed by atoms with E-state index < -0.39 is 12.1 Å². The van der Waals surface area contributed by atoms with E-state index in [1.54, 1.807) is 55.5 Å². The Bertz CT molecular complexity index is 662. The SMILES string of the molecule is CCC(Oc1ccc(C(=O)c2ccc(Cl)cc2)cc1)C(=O)O. The molecule has 2 aromatic carbocycles. The van der Waals surface area contributed by atoms with E-state index in [0.717, 1.165) is 0 Å². The second-order valence-electron chi connectivity index (χ2n) is 4.71. The van der Waals surface area contributed by atoms with E-state index in [1.807, 2.05) is 0 Å². The standard InChI is InChI=1S/C17H15ClO4/c1-2-15(17(20)21)22-14-9-5-12(6-10-14)16(19)11-3-7-13(18)8-4-11/h3-10,15H,2H2,1H3,(H,20,21). The van der Waals surface area contributed by atoms with E-state index in [4.69, 9.17) is 21.4 Å². The number of halogens is 1. The van der Waals surface area contributed by atoms with E-state index in [-0.39, 0.29) is 5.78 Å². The van der Waals surface area contributed by atoms with Crippen LogP contribution in [0.25, 0.3) is 0 Å². The van der Waals surface area contributed by atoms with Crippen LogP contribution in [-0.2, 0) is 4.79 Å². The van der Waals surface area contributed by atoms with Gasteiger partial charge in [-0.2, -0.15) is 0 Å². The maximum atomic E-state index is 12.3. The number of carbonyl (C=O) groups is 2. The molecule has 22 heavy (non-hydrogen) atoms. The molecule has 0 bridgehead atoms. The van der Waals surface area contributed by atoms with Gasteiger partial charge in [-0.1, -0.05) is 18.5 Å². The maximum absolute atomic E-state index is 12.3. The predicted molar refractivity (Wildman–Crippen MR) is 83.7 cm³/mol. The van der Waals surface area contributed by atoms with Gasteiger partial charge >= 0.3 is 5.97 Å². The largest absolute Gasteiger partial charge is 0.479 e. The van der Waals surface area contributed by atoms with Crippen molar-refractivity contribution in [2.24, 2.45) is 0 Å². The first-order valence-corrected chi connectivity index (χ1v) is 7.19. The molecule has 0 saturated carbocycles. The Kier molecular flexibility index (Phi) is 5.17. The smallest absolute Gasteiger partial charge is 0.344 e. The Hall–Kier alpha value is -2.33. The highest BCUT2D eigenvalue weighted by Crippen LogP contribution is 2.18. The Morgan fingerprint density at radius 3 is 2.00 bits per heavy atom. The normalized spacial score (nSPS) is 11.7. The van der Waals surface area contributed by atoms with Crippen molar-refractivity contribution in [2.45, 2.75) is 19.4 Å². The van der Waals surface area contributed by atoms with E-state index in [1.165, 1.54) is 0 Å². The number of aliphatic carboxylic acids is 1. The lowest BCUT2D eigenvalue weighted by Gasteiger charge is -2.13. The van der Waals surface area contributed by atoms with Gasteiger partial charge in [0.05, 0.1) is 0 Å². The number of ether oxygens (including phenoxy) is 1. The average molecular weight is 319 g/mol. The van der Waals surface area contributed by atoms with Crippen molar-refractivity contribution < 1.29 is 19.4 Å². The fraction of sp³-hybridized carbons (Fsp3) is 0.176. The van der Waals surface area contributed by atoms with Gasteiger partial charge in [0.1, 0.15) is 5.75 Å². The molecule has 0 spiro atoms. The van der Waals surface area contributed by atoms with Crippen LogP contribution >= 0.6 is 11.6 Å². The van der Waals surface area contributed by atoms with Gasteiger partial charge in [-0.3, -0.25) is 4.79 Å². The van der Waals surface area contributed by atoms with Crippen LogP contribution in [-0.4, -0.2) is 23.0 Å². The summed E-state index contributed by atoms with van der Waals surface area (Å²) in [7, 11) is 0. The molecular weight excluding hydrogens is 304 g/mol. The van der Waals surface area contributed by atoms with Gasteiger partial charge in [-0.05, 0) is 55.0 Å². The zero-order valence-corrected chi connectivity index (χ0v) is 12.7. The van der Waals surface area contributed by atoms with Gasteiger partial charge in [0.15, 0.2) is 11.9 Å². The van der Waals surface area contributed by atoms with Crippen LogP contribution < -0.4 is 4.74 Å². The second kappa shape index (κ2) is 7.09. The molecule has 0 aliphatic rings. The molecule has 0 radical (unpaired) electrons. The van der Waals surface area contributed by atoms with Crippen molar-refractivity contribution in [3.8, 4) is 5.75 Å². The number of carboxylic acid groups (broad SMARTS) is 1. The monoisotopic (exact) mass is 318 g/mol. The first-order chi connectivity index (χ1) is 10.5. The van der Waals surface area contributed by atoms with Crippen molar-refractivity contribution in [3.05, 3.63) is 64.7 Å². The number of hydrogen-bond donors (Lipinski definition) is 1. The van der Waals surface area contributed by atoms with Gasteiger partial charge < -0.3 is 9.84 Å². The highest BCUT2D eigenvalue weighted by Gasteiger charge is 2.17. The van der Waals surface area contributed by atoms with Gasteiger partial charge in [0, 0.05) is 16.1 Å². The number of hydrogen-bond acceptors (Lipinski definition) is 3. The van der Waals surface area contributed by atoms with Crippen LogP contribution in [0.1, 0.15) is 29.3 Å². The summed E-state index contributed by atoms with van der Waals surface area (Å²) in [5.41, 5.74) is 1.04. The van der Waals surface area contributed by atoms with E-state index in [0.29, 0.717) is 28.3 Å². The van der Waals surface area contributed by atoms with Crippen LogP contribution in [0.4, 0.5) is 0 Å². The van der Waals surface area contributed by atoms with Crippen molar-refractivity contribution in [3.63, 3.8) is 0 Å². The molecule has 114 valence electrons. The number of ketones is 1. The Morgan fingerprint density at radius 1 is 1.05 bits per heavy atom. The molecule has 0 aliphatic heterocycles. The zero-order valence-electron chi connectivity index (χ0n) is 12.0. The summed E-state index contributed by atoms with van der Waals surface area (Å²) in [6.45, 7) is 1.73. The fourth-order valence-corrected chi connectivity index (χ4v) is 2.05. The van der Waals surface area contributed by atoms with Crippen LogP contribution in [0.15, 0.2) is 48.5 Å². The lowest BCUT2D eigenvalue weighted by Crippen LogP contribution is -2.25. The lowest BCUT2D eigenvalue weighted by atomic mass is 10.0. The Labute approximate surface area is 133 Å². The lowest BCUT2D eigenvalue weighted by molar-refractivity contribution is -0.145. The van der Waals surface area contributed by atoms with Gasteiger partial charge in [-0.25, -0.2) is 4.79 Å². The maximum Gasteiger partial charge on any atom is 0.344 e. The summed E-state index contributed by atoms with van der Waals surface area (Å²) in [4.78, 5) is 23.2. The van der Waals surface area contributed by atoms with Crippen LogP contribution in [0, 0.1) is 0 Å². The predicted octanol–water partition coefficient (Wildman–Crippen LogP) is 3.81. The van der Waals surface area contributed by atoms with Gasteiger partial charge in [-0.15, -0.1) is 0 Å². The summed E-state index contributed by atoms with van der Waals surface area (Å²) in [6.07, 6.45) is -0.529. The number of carbonyl (C=O) groups excluding carboxylic acids is 1. The molecule has 0 saturated heterocycles. The first-order valence-electron chi connectivity index (χ1n) is 6.81. The van der Waals surface area contributed by atoms with Crippen LogP contribution in [0.2, 0.25) is 5.02 Å². The highest BCUT2D eigenvalue weighted by molar-refractivity contribution is 6.30. The number of carboxylic acids is 1. The Morgan fingerprint density at radius 2 is 1.55 bits per heavy atom. The highest BCUT2D eigenvalue weighted by atomic mass is 35.5. The topological polar surface area (TPSA) is 63.6 Å². The molecule has 0 fully saturated rings.